The van der Waals surface area contributed by atoms with Crippen molar-refractivity contribution in [3.63, 3.8) is 0 Å². The summed E-state index contributed by atoms with van der Waals surface area (Å²) in [5.41, 5.74) is 1.91. The first-order valence-electron chi connectivity index (χ1n) is 4.84. The predicted octanol–water partition coefficient (Wildman–Crippen LogP) is 2.24. The first-order valence-corrected chi connectivity index (χ1v) is 4.84. The molecule has 0 radical (unpaired) electrons. The van der Waals surface area contributed by atoms with Crippen LogP contribution in [0.4, 0.5) is 5.69 Å². The maximum Gasteiger partial charge on any atom is 0.148 e. The first kappa shape index (κ1) is 9.65. The molecule has 0 aliphatic rings. The van der Waals surface area contributed by atoms with E-state index in [2.05, 4.69) is 10.3 Å². The highest BCUT2D eigenvalue weighted by atomic mass is 16.1. The zero-order valence-corrected chi connectivity index (χ0v) is 8.53. The Hall–Kier alpha value is -1.90. The Balaban J connectivity index is 2.26. The molecule has 15 heavy (non-hydrogen) atoms. The lowest BCUT2D eigenvalue weighted by Crippen LogP contribution is -2.09. The van der Waals surface area contributed by atoms with Gasteiger partial charge >= 0.3 is 0 Å². The van der Waals surface area contributed by atoms with Crippen molar-refractivity contribution < 1.29 is 4.79 Å². The van der Waals surface area contributed by atoms with Gasteiger partial charge in [-0.25, -0.2) is 0 Å². The summed E-state index contributed by atoms with van der Waals surface area (Å²) in [6.45, 7) is 1.93. The predicted molar refractivity (Wildman–Crippen MR) is 60.9 cm³/mol. The van der Waals surface area contributed by atoms with Gasteiger partial charge in [0.2, 0.25) is 0 Å². The normalized spacial score (nSPS) is 10.2. The van der Waals surface area contributed by atoms with Gasteiger partial charge in [-0.1, -0.05) is 6.07 Å². The van der Waals surface area contributed by atoms with E-state index in [1.54, 1.807) is 13.1 Å². The summed E-state index contributed by atoms with van der Waals surface area (Å²) in [6.07, 6.45) is 1.77. The monoisotopic (exact) mass is 200 g/mol. The molecular formula is C12H12N2O. The van der Waals surface area contributed by atoms with Crippen LogP contribution in [-0.2, 0) is 4.79 Å². The molecule has 1 aromatic carbocycles. The van der Waals surface area contributed by atoms with Gasteiger partial charge in [-0.05, 0) is 31.2 Å². The third kappa shape index (κ3) is 2.31. The van der Waals surface area contributed by atoms with E-state index in [1.807, 2.05) is 30.3 Å². The van der Waals surface area contributed by atoms with E-state index >= 15 is 0 Å². The molecule has 3 heteroatoms. The van der Waals surface area contributed by atoms with Crippen LogP contribution in [0.1, 0.15) is 6.92 Å². The van der Waals surface area contributed by atoms with Gasteiger partial charge in [-0.3, -0.25) is 9.78 Å². The summed E-state index contributed by atoms with van der Waals surface area (Å²) >= 11 is 0. The Morgan fingerprint density at radius 1 is 1.40 bits per heavy atom. The van der Waals surface area contributed by atoms with Crippen molar-refractivity contribution in [2.75, 3.05) is 11.9 Å². The molecular weight excluding hydrogens is 188 g/mol. The largest absolute Gasteiger partial charge is 0.378 e. The van der Waals surface area contributed by atoms with Gasteiger partial charge in [0.25, 0.3) is 0 Å². The average Bonchev–Trinajstić information content (AvgIpc) is 2.26. The van der Waals surface area contributed by atoms with Crippen molar-refractivity contribution in [3.8, 4) is 0 Å². The van der Waals surface area contributed by atoms with Crippen molar-refractivity contribution in [1.82, 2.24) is 4.98 Å². The second-order valence-corrected chi connectivity index (χ2v) is 3.47. The van der Waals surface area contributed by atoms with Gasteiger partial charge in [0.15, 0.2) is 0 Å². The number of pyridine rings is 1. The summed E-state index contributed by atoms with van der Waals surface area (Å²) in [4.78, 5) is 15.0. The molecule has 0 unspecified atom stereocenters. The average molecular weight is 200 g/mol. The number of nitrogens with zero attached hydrogens (tertiary/aromatic N) is 1. The minimum atomic E-state index is 0.126. The zero-order valence-electron chi connectivity index (χ0n) is 8.53. The van der Waals surface area contributed by atoms with Crippen LogP contribution in [0.15, 0.2) is 36.5 Å². The van der Waals surface area contributed by atoms with Crippen LogP contribution >= 0.6 is 0 Å². The van der Waals surface area contributed by atoms with Crippen LogP contribution in [0.2, 0.25) is 0 Å². The number of rotatable bonds is 3. The lowest BCUT2D eigenvalue weighted by molar-refractivity contribution is -0.115. The van der Waals surface area contributed by atoms with E-state index in [0.717, 1.165) is 16.6 Å². The maximum atomic E-state index is 10.8. The molecule has 0 aliphatic heterocycles. The molecule has 0 aliphatic carbocycles. The quantitative estimate of drug-likeness (QED) is 0.826. The highest BCUT2D eigenvalue weighted by Crippen LogP contribution is 2.16. The van der Waals surface area contributed by atoms with Gasteiger partial charge in [0.05, 0.1) is 12.1 Å². The van der Waals surface area contributed by atoms with E-state index in [1.165, 1.54) is 0 Å². The molecule has 0 bridgehead atoms. The molecule has 1 aromatic heterocycles. The molecule has 0 fully saturated rings. The number of fused-ring (bicyclic) bond motifs is 1. The minimum absolute atomic E-state index is 0.126. The summed E-state index contributed by atoms with van der Waals surface area (Å²) in [5.74, 6) is 0.126. The lowest BCUT2D eigenvalue weighted by atomic mass is 10.2. The number of Topliss-reactive ketones (excluding diaryl/α,β-unsaturated/α-hetero) is 1. The fraction of sp³-hybridized carbons (Fsp3) is 0.167. The molecule has 2 aromatic rings. The van der Waals surface area contributed by atoms with E-state index in [9.17, 15) is 4.79 Å². The first-order chi connectivity index (χ1) is 7.25. The Kier molecular flexibility index (Phi) is 2.63. The van der Waals surface area contributed by atoms with Gasteiger partial charge in [-0.2, -0.15) is 0 Å². The smallest absolute Gasteiger partial charge is 0.148 e. The van der Waals surface area contributed by atoms with Gasteiger partial charge in [0, 0.05) is 17.3 Å². The fourth-order valence-corrected chi connectivity index (χ4v) is 1.41. The van der Waals surface area contributed by atoms with Gasteiger partial charge in [0.1, 0.15) is 5.78 Å². The zero-order chi connectivity index (χ0) is 10.7. The van der Waals surface area contributed by atoms with Crippen LogP contribution in [0.25, 0.3) is 10.9 Å². The van der Waals surface area contributed by atoms with Crippen molar-refractivity contribution in [2.24, 2.45) is 0 Å². The highest BCUT2D eigenvalue weighted by molar-refractivity contribution is 5.84. The molecule has 0 spiro atoms. The number of anilines is 1. The SMILES string of the molecule is CC(=O)CNc1ccc2ncccc2c1. The summed E-state index contributed by atoms with van der Waals surface area (Å²) < 4.78 is 0. The molecule has 0 saturated carbocycles. The molecule has 0 atom stereocenters. The number of hydrogen-bond donors (Lipinski definition) is 1. The number of carbonyl (C=O) groups excluding carboxylic acids is 1. The fourth-order valence-electron chi connectivity index (χ4n) is 1.41. The number of aromatic nitrogens is 1. The number of nitrogens with one attached hydrogen (secondary N) is 1. The third-order valence-corrected chi connectivity index (χ3v) is 2.14. The number of ketones is 1. The van der Waals surface area contributed by atoms with Crippen LogP contribution in [0.3, 0.4) is 0 Å². The molecule has 3 nitrogen and oxygen atoms in total. The van der Waals surface area contributed by atoms with Crippen molar-refractivity contribution in [1.29, 1.82) is 0 Å². The van der Waals surface area contributed by atoms with Crippen molar-refractivity contribution in [3.05, 3.63) is 36.5 Å². The standard InChI is InChI=1S/C12H12N2O/c1-9(15)8-14-11-4-5-12-10(7-11)3-2-6-13-12/h2-7,14H,8H2,1H3. The van der Waals surface area contributed by atoms with Crippen molar-refractivity contribution in [2.45, 2.75) is 6.92 Å². The molecule has 76 valence electrons. The number of benzene rings is 1. The highest BCUT2D eigenvalue weighted by Gasteiger charge is 1.97. The van der Waals surface area contributed by atoms with E-state index in [-0.39, 0.29) is 5.78 Å². The Morgan fingerprint density at radius 2 is 2.27 bits per heavy atom. The van der Waals surface area contributed by atoms with Gasteiger partial charge in [-0.15, -0.1) is 0 Å². The van der Waals surface area contributed by atoms with Gasteiger partial charge < -0.3 is 5.32 Å². The number of carbonyl (C=O) groups is 1. The molecule has 1 heterocycles. The molecule has 2 rings (SSSR count). The second-order valence-electron chi connectivity index (χ2n) is 3.47. The van der Waals surface area contributed by atoms with E-state index < -0.39 is 0 Å². The van der Waals surface area contributed by atoms with Crippen LogP contribution in [-0.4, -0.2) is 17.3 Å². The van der Waals surface area contributed by atoms with Crippen LogP contribution < -0.4 is 5.32 Å². The van der Waals surface area contributed by atoms with Crippen LogP contribution in [0.5, 0.6) is 0 Å². The minimum Gasteiger partial charge on any atom is -0.378 e. The summed E-state index contributed by atoms with van der Waals surface area (Å²) in [6, 6.07) is 9.76. The number of hydrogen-bond acceptors (Lipinski definition) is 3. The Bertz CT molecular complexity index is 494. The van der Waals surface area contributed by atoms with Crippen molar-refractivity contribution >= 4 is 22.4 Å². The topological polar surface area (TPSA) is 42.0 Å². The Morgan fingerprint density at radius 3 is 3.07 bits per heavy atom. The molecule has 0 amide bonds. The van der Waals surface area contributed by atoms with E-state index in [0.29, 0.717) is 6.54 Å². The Labute approximate surface area is 88.1 Å². The molecule has 0 saturated heterocycles. The lowest BCUT2D eigenvalue weighted by Gasteiger charge is -2.04. The second kappa shape index (κ2) is 4.09. The van der Waals surface area contributed by atoms with Crippen LogP contribution in [0, 0.1) is 0 Å². The summed E-state index contributed by atoms with van der Waals surface area (Å²) in [7, 11) is 0. The third-order valence-electron chi connectivity index (χ3n) is 2.14. The molecule has 1 N–H and O–H groups in total. The maximum absolute atomic E-state index is 10.8. The van der Waals surface area contributed by atoms with E-state index in [4.69, 9.17) is 0 Å². The summed E-state index contributed by atoms with van der Waals surface area (Å²) in [5, 5.41) is 4.13.